The van der Waals surface area contributed by atoms with Crippen molar-refractivity contribution in [1.29, 1.82) is 0 Å². The third-order valence-electron chi connectivity index (χ3n) is 3.25. The van der Waals surface area contributed by atoms with Crippen LogP contribution in [-0.4, -0.2) is 27.3 Å². The highest BCUT2D eigenvalue weighted by Crippen LogP contribution is 2.17. The Hall–Kier alpha value is -1.17. The van der Waals surface area contributed by atoms with E-state index in [1.165, 1.54) is 4.88 Å². The van der Waals surface area contributed by atoms with Crippen LogP contribution in [0.3, 0.4) is 0 Å². The molecular formula is C14H22N4S. The Morgan fingerprint density at radius 1 is 1.47 bits per heavy atom. The lowest BCUT2D eigenvalue weighted by molar-refractivity contribution is 0.201. The van der Waals surface area contributed by atoms with E-state index in [0.29, 0.717) is 6.04 Å². The maximum absolute atomic E-state index is 6.28. The molecule has 104 valence electrons. The lowest BCUT2D eigenvalue weighted by Crippen LogP contribution is -2.36. The van der Waals surface area contributed by atoms with Gasteiger partial charge in [-0.25, -0.2) is 0 Å². The number of thiophene rings is 1. The average Bonchev–Trinajstić information content (AvgIpc) is 2.99. The molecule has 4 nitrogen and oxygen atoms in total. The first-order chi connectivity index (χ1) is 9.06. The summed E-state index contributed by atoms with van der Waals surface area (Å²) in [5, 5.41) is 6.31. The van der Waals surface area contributed by atoms with Crippen molar-refractivity contribution in [3.8, 4) is 0 Å². The molecule has 0 aliphatic heterocycles. The van der Waals surface area contributed by atoms with Crippen molar-refractivity contribution < 1.29 is 0 Å². The highest BCUT2D eigenvalue weighted by atomic mass is 32.1. The van der Waals surface area contributed by atoms with E-state index in [2.05, 4.69) is 41.4 Å². The van der Waals surface area contributed by atoms with E-state index in [-0.39, 0.29) is 6.04 Å². The number of hydrogen-bond acceptors (Lipinski definition) is 4. The summed E-state index contributed by atoms with van der Waals surface area (Å²) in [4.78, 5) is 3.79. The van der Waals surface area contributed by atoms with Gasteiger partial charge in [0.05, 0.1) is 6.20 Å². The third-order valence-corrected chi connectivity index (χ3v) is 4.11. The summed E-state index contributed by atoms with van der Waals surface area (Å²) >= 11 is 1.80. The minimum absolute atomic E-state index is 0.0102. The van der Waals surface area contributed by atoms with Crippen LogP contribution >= 0.6 is 11.3 Å². The molecule has 0 fully saturated rings. The number of hydrogen-bond donors (Lipinski definition) is 1. The molecule has 2 aromatic rings. The zero-order chi connectivity index (χ0) is 13.8. The van der Waals surface area contributed by atoms with Crippen molar-refractivity contribution in [2.75, 3.05) is 6.54 Å². The average molecular weight is 278 g/mol. The fourth-order valence-corrected chi connectivity index (χ4v) is 2.78. The van der Waals surface area contributed by atoms with Crippen LogP contribution in [0.2, 0.25) is 0 Å². The van der Waals surface area contributed by atoms with Gasteiger partial charge in [0, 0.05) is 48.9 Å². The third kappa shape index (κ3) is 3.89. The topological polar surface area (TPSA) is 47.1 Å². The van der Waals surface area contributed by atoms with Gasteiger partial charge < -0.3 is 5.73 Å². The zero-order valence-corrected chi connectivity index (χ0v) is 12.6. The first-order valence-corrected chi connectivity index (χ1v) is 7.44. The van der Waals surface area contributed by atoms with Crippen molar-refractivity contribution in [2.45, 2.75) is 32.5 Å². The molecule has 2 rings (SSSR count). The van der Waals surface area contributed by atoms with Gasteiger partial charge in [-0.2, -0.15) is 5.10 Å². The smallest absolute Gasteiger partial charge is 0.0537 e. The van der Waals surface area contributed by atoms with Crippen molar-refractivity contribution in [2.24, 2.45) is 12.8 Å². The molecule has 2 aromatic heterocycles. The van der Waals surface area contributed by atoms with Crippen molar-refractivity contribution in [1.82, 2.24) is 14.7 Å². The molecule has 0 spiro atoms. The van der Waals surface area contributed by atoms with E-state index in [0.717, 1.165) is 18.7 Å². The summed E-state index contributed by atoms with van der Waals surface area (Å²) < 4.78 is 1.80. The Balaban J connectivity index is 2.00. The van der Waals surface area contributed by atoms with Gasteiger partial charge in [0.15, 0.2) is 0 Å². The predicted molar refractivity (Wildman–Crippen MR) is 80.0 cm³/mol. The molecular weight excluding hydrogens is 256 g/mol. The quantitative estimate of drug-likeness (QED) is 0.882. The van der Waals surface area contributed by atoms with Gasteiger partial charge in [-0.3, -0.25) is 9.58 Å². The van der Waals surface area contributed by atoms with Gasteiger partial charge in [-0.15, -0.1) is 11.3 Å². The monoisotopic (exact) mass is 278 g/mol. The lowest BCUT2D eigenvalue weighted by Gasteiger charge is -2.28. The van der Waals surface area contributed by atoms with Crippen LogP contribution in [0.15, 0.2) is 29.9 Å². The van der Waals surface area contributed by atoms with Gasteiger partial charge in [0.2, 0.25) is 0 Å². The molecule has 5 heteroatoms. The number of aromatic nitrogens is 2. The summed E-state index contributed by atoms with van der Waals surface area (Å²) in [6, 6.07) is 4.76. The van der Waals surface area contributed by atoms with Crippen molar-refractivity contribution >= 4 is 11.3 Å². The maximum atomic E-state index is 6.28. The van der Waals surface area contributed by atoms with E-state index in [9.17, 15) is 0 Å². The molecule has 0 amide bonds. The Morgan fingerprint density at radius 3 is 2.79 bits per heavy atom. The van der Waals surface area contributed by atoms with Crippen LogP contribution in [0.5, 0.6) is 0 Å². The lowest BCUT2D eigenvalue weighted by atomic mass is 10.1. The van der Waals surface area contributed by atoms with E-state index in [4.69, 9.17) is 5.73 Å². The Morgan fingerprint density at radius 2 is 2.26 bits per heavy atom. The number of nitrogens with two attached hydrogens (primary N) is 1. The van der Waals surface area contributed by atoms with Crippen LogP contribution in [-0.2, 0) is 13.6 Å². The normalized spacial score (nSPS) is 13.4. The van der Waals surface area contributed by atoms with E-state index >= 15 is 0 Å². The molecule has 0 aliphatic carbocycles. The number of nitrogens with zero attached hydrogens (tertiary/aromatic N) is 3. The fraction of sp³-hybridized carbons (Fsp3) is 0.500. The Bertz CT molecular complexity index is 489. The molecule has 0 aliphatic rings. The van der Waals surface area contributed by atoms with E-state index in [1.54, 1.807) is 16.0 Å². The molecule has 0 saturated carbocycles. The van der Waals surface area contributed by atoms with Crippen molar-refractivity contribution in [3.63, 3.8) is 0 Å². The largest absolute Gasteiger partial charge is 0.323 e. The van der Waals surface area contributed by atoms with Gasteiger partial charge in [0.1, 0.15) is 0 Å². The van der Waals surface area contributed by atoms with Crippen molar-refractivity contribution in [3.05, 3.63) is 40.3 Å². The molecule has 0 aromatic carbocycles. The Labute approximate surface area is 118 Å². The summed E-state index contributed by atoms with van der Waals surface area (Å²) in [7, 11) is 1.92. The molecule has 0 saturated heterocycles. The van der Waals surface area contributed by atoms with Gasteiger partial charge in [0.25, 0.3) is 0 Å². The second kappa shape index (κ2) is 6.32. The summed E-state index contributed by atoms with van der Waals surface area (Å²) in [5.41, 5.74) is 7.38. The molecule has 1 unspecified atom stereocenters. The molecule has 0 bridgehead atoms. The first kappa shape index (κ1) is 14.2. The molecule has 2 N–H and O–H groups in total. The van der Waals surface area contributed by atoms with Crippen LogP contribution < -0.4 is 5.73 Å². The SMILES string of the molecule is CC(C)N(Cc1cccs1)CC(N)c1cnn(C)c1. The van der Waals surface area contributed by atoms with Gasteiger partial charge in [-0.1, -0.05) is 6.07 Å². The number of rotatable bonds is 6. The predicted octanol–water partition coefficient (Wildman–Crippen LogP) is 2.39. The minimum Gasteiger partial charge on any atom is -0.323 e. The standard InChI is InChI=1S/C14H22N4S/c1-11(2)18(9-13-5-4-6-19-13)10-14(15)12-7-16-17(3)8-12/h4-8,11,14H,9-10,15H2,1-3H3. The maximum Gasteiger partial charge on any atom is 0.0537 e. The Kier molecular flexibility index (Phi) is 4.74. The van der Waals surface area contributed by atoms with Crippen LogP contribution in [0.4, 0.5) is 0 Å². The van der Waals surface area contributed by atoms with Crippen LogP contribution in [0.1, 0.15) is 30.3 Å². The second-order valence-electron chi connectivity index (χ2n) is 5.16. The summed E-state index contributed by atoms with van der Waals surface area (Å²) in [6.45, 7) is 6.23. The molecule has 1 atom stereocenters. The van der Waals surface area contributed by atoms with Gasteiger partial charge in [-0.05, 0) is 25.3 Å². The van der Waals surface area contributed by atoms with Crippen LogP contribution in [0, 0.1) is 0 Å². The van der Waals surface area contributed by atoms with E-state index in [1.807, 2.05) is 19.4 Å². The second-order valence-corrected chi connectivity index (χ2v) is 6.19. The van der Waals surface area contributed by atoms with Crippen LogP contribution in [0.25, 0.3) is 0 Å². The first-order valence-electron chi connectivity index (χ1n) is 6.57. The highest BCUT2D eigenvalue weighted by Gasteiger charge is 2.16. The summed E-state index contributed by atoms with van der Waals surface area (Å²) in [6.07, 6.45) is 3.85. The zero-order valence-electron chi connectivity index (χ0n) is 11.8. The molecule has 0 radical (unpaired) electrons. The molecule has 19 heavy (non-hydrogen) atoms. The molecule has 2 heterocycles. The summed E-state index contributed by atoms with van der Waals surface area (Å²) in [5.74, 6) is 0. The minimum atomic E-state index is 0.0102. The van der Waals surface area contributed by atoms with Gasteiger partial charge >= 0.3 is 0 Å². The van der Waals surface area contributed by atoms with E-state index < -0.39 is 0 Å². The number of aryl methyl sites for hydroxylation is 1. The fourth-order valence-electron chi connectivity index (χ4n) is 2.05. The highest BCUT2D eigenvalue weighted by molar-refractivity contribution is 7.09.